The number of hydrogen-bond acceptors (Lipinski definition) is 4. The van der Waals surface area contributed by atoms with Gasteiger partial charge in [-0.05, 0) is 43.0 Å². The maximum Gasteiger partial charge on any atom is 0.287 e. The zero-order valence-electron chi connectivity index (χ0n) is 13.5. The molecule has 1 atom stereocenters. The lowest BCUT2D eigenvalue weighted by Gasteiger charge is -2.30. The highest BCUT2D eigenvalue weighted by molar-refractivity contribution is 5.92. The van der Waals surface area contributed by atoms with Crippen molar-refractivity contribution in [2.45, 2.75) is 38.1 Å². The van der Waals surface area contributed by atoms with Gasteiger partial charge in [0.05, 0.1) is 12.5 Å². The van der Waals surface area contributed by atoms with E-state index in [0.29, 0.717) is 12.5 Å². The van der Waals surface area contributed by atoms with Crippen LogP contribution < -0.4 is 10.6 Å². The van der Waals surface area contributed by atoms with Gasteiger partial charge in [-0.25, -0.2) is 0 Å². The smallest absolute Gasteiger partial charge is 0.287 e. The van der Waals surface area contributed by atoms with E-state index >= 15 is 0 Å². The lowest BCUT2D eigenvalue weighted by atomic mass is 9.83. The van der Waals surface area contributed by atoms with E-state index in [2.05, 4.69) is 10.6 Å². The van der Waals surface area contributed by atoms with Crippen molar-refractivity contribution in [1.29, 1.82) is 0 Å². The summed E-state index contributed by atoms with van der Waals surface area (Å²) in [7, 11) is 0. The highest BCUT2D eigenvalue weighted by Crippen LogP contribution is 2.26. The summed E-state index contributed by atoms with van der Waals surface area (Å²) in [5.41, 5.74) is 0. The third-order valence-electron chi connectivity index (χ3n) is 4.51. The maximum atomic E-state index is 12.3. The van der Waals surface area contributed by atoms with E-state index in [4.69, 9.17) is 8.83 Å². The average molecular weight is 330 g/mol. The van der Waals surface area contributed by atoms with Gasteiger partial charge in [0.25, 0.3) is 11.8 Å². The fourth-order valence-corrected chi connectivity index (χ4v) is 3.22. The molecule has 2 N–H and O–H groups in total. The van der Waals surface area contributed by atoms with E-state index < -0.39 is 0 Å². The summed E-state index contributed by atoms with van der Waals surface area (Å²) in [5.74, 6) is 0.397. The molecule has 0 radical (unpaired) electrons. The molecule has 0 saturated heterocycles. The van der Waals surface area contributed by atoms with Crippen LogP contribution in [0.2, 0.25) is 0 Å². The highest BCUT2D eigenvalue weighted by atomic mass is 16.3. The predicted molar refractivity (Wildman–Crippen MR) is 87.6 cm³/mol. The van der Waals surface area contributed by atoms with Gasteiger partial charge in [-0.15, -0.1) is 0 Å². The van der Waals surface area contributed by atoms with E-state index in [-0.39, 0.29) is 29.4 Å². The van der Waals surface area contributed by atoms with E-state index in [1.165, 1.54) is 18.9 Å². The molecule has 2 aromatic rings. The molecule has 6 heteroatoms. The predicted octanol–water partition coefficient (Wildman–Crippen LogP) is 2.98. The van der Waals surface area contributed by atoms with Crippen LogP contribution in [0.4, 0.5) is 0 Å². The fourth-order valence-electron chi connectivity index (χ4n) is 3.22. The Morgan fingerprint density at radius 3 is 2.21 bits per heavy atom. The lowest BCUT2D eigenvalue weighted by molar-refractivity contribution is 0.0855. The third kappa shape index (κ3) is 4.07. The molecule has 1 aliphatic carbocycles. The summed E-state index contributed by atoms with van der Waals surface area (Å²) in [6, 6.07) is 6.48. The molecule has 0 aromatic carbocycles. The Hall–Kier alpha value is -2.50. The van der Waals surface area contributed by atoms with Crippen molar-refractivity contribution in [2.75, 3.05) is 6.54 Å². The summed E-state index contributed by atoms with van der Waals surface area (Å²) >= 11 is 0. The van der Waals surface area contributed by atoms with Crippen LogP contribution in [0.1, 0.15) is 53.2 Å². The number of nitrogens with one attached hydrogen (secondary N) is 2. The number of carbonyl (C=O) groups is 2. The summed E-state index contributed by atoms with van der Waals surface area (Å²) in [6.07, 6.45) is 8.59. The molecule has 1 aliphatic rings. The van der Waals surface area contributed by atoms with E-state index in [9.17, 15) is 9.59 Å². The molecule has 0 bridgehead atoms. The fraction of sp³-hybridized carbons (Fsp3) is 0.444. The number of furan rings is 2. The SMILES string of the molecule is O=C(NC[C@@H](NC(=O)c1ccco1)C1CCCCC1)c1ccco1. The van der Waals surface area contributed by atoms with E-state index in [1.807, 2.05) is 0 Å². The van der Waals surface area contributed by atoms with Crippen LogP contribution in [0, 0.1) is 5.92 Å². The summed E-state index contributed by atoms with van der Waals surface area (Å²) in [6.45, 7) is 0.372. The minimum absolute atomic E-state index is 0.123. The molecule has 2 amide bonds. The van der Waals surface area contributed by atoms with Gasteiger partial charge in [0.2, 0.25) is 0 Å². The second-order valence-electron chi connectivity index (χ2n) is 6.14. The first-order valence-corrected chi connectivity index (χ1v) is 8.40. The van der Waals surface area contributed by atoms with Crippen LogP contribution >= 0.6 is 0 Å². The van der Waals surface area contributed by atoms with Gasteiger partial charge < -0.3 is 19.5 Å². The molecule has 2 heterocycles. The molecule has 128 valence electrons. The second kappa shape index (κ2) is 7.86. The number of amides is 2. The first-order chi connectivity index (χ1) is 11.7. The van der Waals surface area contributed by atoms with Gasteiger partial charge in [0.15, 0.2) is 11.5 Å². The molecule has 3 rings (SSSR count). The molecule has 0 unspecified atom stereocenters. The van der Waals surface area contributed by atoms with Crippen molar-refractivity contribution in [3.63, 3.8) is 0 Å². The lowest BCUT2D eigenvalue weighted by Crippen LogP contribution is -2.48. The number of rotatable bonds is 6. The molecule has 24 heavy (non-hydrogen) atoms. The quantitative estimate of drug-likeness (QED) is 0.853. The first kappa shape index (κ1) is 16.4. The van der Waals surface area contributed by atoms with Crippen LogP contribution in [-0.4, -0.2) is 24.4 Å². The average Bonchev–Trinajstić information content (AvgIpc) is 3.32. The van der Waals surface area contributed by atoms with Crippen LogP contribution in [0.15, 0.2) is 45.6 Å². The van der Waals surface area contributed by atoms with Gasteiger partial charge in [0.1, 0.15) is 0 Å². The summed E-state index contributed by atoms with van der Waals surface area (Å²) in [4.78, 5) is 24.4. The Labute approximate surface area is 140 Å². The van der Waals surface area contributed by atoms with Crippen molar-refractivity contribution in [3.8, 4) is 0 Å². The maximum absolute atomic E-state index is 12.3. The van der Waals surface area contributed by atoms with Gasteiger partial charge in [0, 0.05) is 12.6 Å². The molecule has 2 aromatic heterocycles. The standard InChI is InChI=1S/C18H22N2O4/c21-17(15-8-4-10-23-15)19-12-14(13-6-2-1-3-7-13)20-18(22)16-9-5-11-24-16/h4-5,8-11,13-14H,1-3,6-7,12H2,(H,19,21)(H,20,22)/t14-/m1/s1. The van der Waals surface area contributed by atoms with Gasteiger partial charge in [-0.3, -0.25) is 9.59 Å². The zero-order chi connectivity index (χ0) is 16.8. The normalized spacial score (nSPS) is 16.5. The molecule has 0 aliphatic heterocycles. The molecule has 0 spiro atoms. The van der Waals surface area contributed by atoms with Gasteiger partial charge >= 0.3 is 0 Å². The third-order valence-corrected chi connectivity index (χ3v) is 4.51. The van der Waals surface area contributed by atoms with Crippen molar-refractivity contribution in [3.05, 3.63) is 48.3 Å². The topological polar surface area (TPSA) is 84.5 Å². The molecule has 1 fully saturated rings. The van der Waals surface area contributed by atoms with Crippen molar-refractivity contribution in [1.82, 2.24) is 10.6 Å². The van der Waals surface area contributed by atoms with Crippen LogP contribution in [0.5, 0.6) is 0 Å². The Morgan fingerprint density at radius 1 is 1.00 bits per heavy atom. The minimum atomic E-state index is -0.270. The van der Waals surface area contributed by atoms with Crippen molar-refractivity contribution < 1.29 is 18.4 Å². The van der Waals surface area contributed by atoms with E-state index in [1.54, 1.807) is 24.3 Å². The van der Waals surface area contributed by atoms with Crippen LogP contribution in [0.3, 0.4) is 0 Å². The summed E-state index contributed by atoms with van der Waals surface area (Å²) in [5, 5.41) is 5.87. The minimum Gasteiger partial charge on any atom is -0.459 e. The second-order valence-corrected chi connectivity index (χ2v) is 6.14. The highest BCUT2D eigenvalue weighted by Gasteiger charge is 2.27. The Balaban J connectivity index is 1.62. The van der Waals surface area contributed by atoms with Crippen molar-refractivity contribution in [2.24, 2.45) is 5.92 Å². The Kier molecular flexibility index (Phi) is 5.36. The molecule has 6 nitrogen and oxygen atoms in total. The monoisotopic (exact) mass is 330 g/mol. The first-order valence-electron chi connectivity index (χ1n) is 8.40. The number of carbonyl (C=O) groups excluding carboxylic acids is 2. The van der Waals surface area contributed by atoms with Gasteiger partial charge in [-0.2, -0.15) is 0 Å². The van der Waals surface area contributed by atoms with Gasteiger partial charge in [-0.1, -0.05) is 19.3 Å². The largest absolute Gasteiger partial charge is 0.459 e. The summed E-state index contributed by atoms with van der Waals surface area (Å²) < 4.78 is 10.3. The molecular weight excluding hydrogens is 308 g/mol. The molecule has 1 saturated carbocycles. The molecular formula is C18H22N2O4. The zero-order valence-corrected chi connectivity index (χ0v) is 13.5. The number of hydrogen-bond donors (Lipinski definition) is 2. The van der Waals surface area contributed by atoms with E-state index in [0.717, 1.165) is 25.7 Å². The Morgan fingerprint density at radius 2 is 1.62 bits per heavy atom. The van der Waals surface area contributed by atoms with Crippen LogP contribution in [0.25, 0.3) is 0 Å². The van der Waals surface area contributed by atoms with Crippen LogP contribution in [-0.2, 0) is 0 Å². The Bertz CT molecular complexity index is 643. The van der Waals surface area contributed by atoms with Crippen molar-refractivity contribution >= 4 is 11.8 Å².